The fourth-order valence-corrected chi connectivity index (χ4v) is 4.36. The molecule has 2 aromatic rings. The quantitative estimate of drug-likeness (QED) is 0.622. The second kappa shape index (κ2) is 11.0. The number of halogens is 1. The molecule has 0 bridgehead atoms. The number of nitrogens with zero attached hydrogens (tertiary/aromatic N) is 2. The Balaban J connectivity index is 1.48. The van der Waals surface area contributed by atoms with Crippen LogP contribution in [0.2, 0.25) is 0 Å². The molecule has 8 heteroatoms. The first-order valence-electron chi connectivity index (χ1n) is 11.6. The van der Waals surface area contributed by atoms with E-state index in [1.54, 1.807) is 9.80 Å². The lowest BCUT2D eigenvalue weighted by atomic mass is 9.96. The second-order valence-electron chi connectivity index (χ2n) is 8.93. The number of carbonyl (C=O) groups excluding carboxylic acids is 2. The van der Waals surface area contributed by atoms with Gasteiger partial charge in [-0.3, -0.25) is 9.59 Å². The van der Waals surface area contributed by atoms with Gasteiger partial charge in [0.05, 0.1) is 39.2 Å². The highest BCUT2D eigenvalue weighted by Crippen LogP contribution is 2.26. The van der Waals surface area contributed by atoms with Gasteiger partial charge in [0.15, 0.2) is 0 Å². The van der Waals surface area contributed by atoms with Gasteiger partial charge in [0.25, 0.3) is 0 Å². The van der Waals surface area contributed by atoms with E-state index in [1.807, 2.05) is 31.2 Å². The van der Waals surface area contributed by atoms with Crippen LogP contribution in [0, 0.1) is 12.7 Å². The number of amides is 2. The van der Waals surface area contributed by atoms with Crippen LogP contribution in [0.3, 0.4) is 0 Å². The van der Waals surface area contributed by atoms with Gasteiger partial charge in [0.2, 0.25) is 11.8 Å². The number of hydrogen-bond donors (Lipinski definition) is 0. The Morgan fingerprint density at radius 3 is 2.47 bits per heavy atom. The Bertz CT molecular complexity index is 993. The molecule has 2 aliphatic rings. The van der Waals surface area contributed by atoms with Crippen LogP contribution in [0.1, 0.15) is 17.5 Å². The molecule has 1 atom stereocenters. The Morgan fingerprint density at radius 1 is 1.00 bits per heavy atom. The molecule has 2 saturated heterocycles. The Labute approximate surface area is 199 Å². The molecule has 2 aliphatic heterocycles. The molecule has 4 rings (SSSR count). The number of hydrogen-bond acceptors (Lipinski definition) is 5. The standard InChI is InChI=1S/C26H31FN2O5/c1-20-3-2-4-21(15-20)16-24(30)29-11-14-34-26(18-29,17-25(31)28-9-12-32-13-10-28)19-33-23-7-5-22(27)6-8-23/h2-8,15H,9-14,16-19H2,1H3/t26-/m0/s1. The van der Waals surface area contributed by atoms with E-state index < -0.39 is 5.60 Å². The molecule has 0 N–H and O–H groups in total. The van der Waals surface area contributed by atoms with E-state index in [4.69, 9.17) is 14.2 Å². The molecule has 182 valence electrons. The lowest BCUT2D eigenvalue weighted by molar-refractivity contribution is -0.167. The lowest BCUT2D eigenvalue weighted by Crippen LogP contribution is -2.59. The second-order valence-corrected chi connectivity index (χ2v) is 8.93. The zero-order chi connectivity index (χ0) is 24.0. The first-order chi connectivity index (χ1) is 16.4. The summed E-state index contributed by atoms with van der Waals surface area (Å²) < 4.78 is 30.7. The Morgan fingerprint density at radius 2 is 1.74 bits per heavy atom. The summed E-state index contributed by atoms with van der Waals surface area (Å²) in [6.45, 7) is 5.15. The third-order valence-electron chi connectivity index (χ3n) is 6.19. The Hall–Kier alpha value is -2.97. The molecule has 2 fully saturated rings. The largest absolute Gasteiger partial charge is 0.490 e. The molecule has 0 aromatic heterocycles. The number of rotatable bonds is 7. The van der Waals surface area contributed by atoms with Crippen molar-refractivity contribution in [1.29, 1.82) is 0 Å². The molecule has 7 nitrogen and oxygen atoms in total. The van der Waals surface area contributed by atoms with E-state index in [2.05, 4.69) is 0 Å². The van der Waals surface area contributed by atoms with E-state index >= 15 is 0 Å². The number of ether oxygens (including phenoxy) is 3. The van der Waals surface area contributed by atoms with Crippen LogP contribution >= 0.6 is 0 Å². The van der Waals surface area contributed by atoms with E-state index in [1.165, 1.54) is 24.3 Å². The predicted molar refractivity (Wildman–Crippen MR) is 124 cm³/mol. The summed E-state index contributed by atoms with van der Waals surface area (Å²) in [5.74, 6) is 0.0515. The minimum absolute atomic E-state index is 0.0149. The highest BCUT2D eigenvalue weighted by atomic mass is 19.1. The molecule has 0 unspecified atom stereocenters. The van der Waals surface area contributed by atoms with Crippen molar-refractivity contribution >= 4 is 11.8 Å². The van der Waals surface area contributed by atoms with Gasteiger partial charge in [-0.15, -0.1) is 0 Å². The van der Waals surface area contributed by atoms with Crippen LogP contribution in [-0.2, 0) is 25.5 Å². The number of carbonyl (C=O) groups is 2. The van der Waals surface area contributed by atoms with Gasteiger partial charge in [-0.25, -0.2) is 4.39 Å². The maximum absolute atomic E-state index is 13.3. The smallest absolute Gasteiger partial charge is 0.227 e. The van der Waals surface area contributed by atoms with Gasteiger partial charge >= 0.3 is 0 Å². The molecule has 0 spiro atoms. The highest BCUT2D eigenvalue weighted by molar-refractivity contribution is 5.80. The first kappa shape index (κ1) is 24.2. The normalized spacial score (nSPS) is 20.8. The van der Waals surface area contributed by atoms with Crippen molar-refractivity contribution in [3.05, 3.63) is 65.5 Å². The van der Waals surface area contributed by atoms with Crippen molar-refractivity contribution in [2.24, 2.45) is 0 Å². The first-order valence-corrected chi connectivity index (χ1v) is 11.6. The summed E-state index contributed by atoms with van der Waals surface area (Å²) >= 11 is 0. The summed E-state index contributed by atoms with van der Waals surface area (Å²) in [6, 6.07) is 13.6. The number of benzene rings is 2. The molecule has 0 aliphatic carbocycles. The van der Waals surface area contributed by atoms with Crippen LogP contribution in [0.15, 0.2) is 48.5 Å². The van der Waals surface area contributed by atoms with Crippen LogP contribution in [0.25, 0.3) is 0 Å². The maximum Gasteiger partial charge on any atom is 0.227 e. The van der Waals surface area contributed by atoms with E-state index in [9.17, 15) is 14.0 Å². The van der Waals surface area contributed by atoms with Gasteiger partial charge in [-0.2, -0.15) is 0 Å². The van der Waals surface area contributed by atoms with Gasteiger partial charge in [0, 0.05) is 19.6 Å². The fourth-order valence-electron chi connectivity index (χ4n) is 4.36. The lowest BCUT2D eigenvalue weighted by Gasteiger charge is -2.43. The average Bonchev–Trinajstić information content (AvgIpc) is 2.84. The molecule has 2 amide bonds. The Kier molecular flexibility index (Phi) is 7.80. The molecular formula is C26H31FN2O5. The van der Waals surface area contributed by atoms with Crippen LogP contribution in [0.4, 0.5) is 4.39 Å². The maximum atomic E-state index is 13.3. The zero-order valence-corrected chi connectivity index (χ0v) is 19.5. The van der Waals surface area contributed by atoms with Crippen molar-refractivity contribution in [1.82, 2.24) is 9.80 Å². The summed E-state index contributed by atoms with van der Waals surface area (Å²) in [5, 5.41) is 0. The van der Waals surface area contributed by atoms with Crippen molar-refractivity contribution in [2.45, 2.75) is 25.4 Å². The highest BCUT2D eigenvalue weighted by Gasteiger charge is 2.42. The average molecular weight is 471 g/mol. The number of morpholine rings is 2. The van der Waals surface area contributed by atoms with Crippen molar-refractivity contribution in [3.8, 4) is 5.75 Å². The monoisotopic (exact) mass is 470 g/mol. The third-order valence-corrected chi connectivity index (χ3v) is 6.19. The topological polar surface area (TPSA) is 68.3 Å². The summed E-state index contributed by atoms with van der Waals surface area (Å²) in [7, 11) is 0. The zero-order valence-electron chi connectivity index (χ0n) is 19.5. The fraction of sp³-hybridized carbons (Fsp3) is 0.462. The minimum Gasteiger partial charge on any atom is -0.490 e. The van der Waals surface area contributed by atoms with E-state index in [0.29, 0.717) is 45.2 Å². The van der Waals surface area contributed by atoms with Crippen LogP contribution < -0.4 is 4.74 Å². The van der Waals surface area contributed by atoms with Crippen molar-refractivity contribution in [3.63, 3.8) is 0 Å². The number of aryl methyl sites for hydroxylation is 1. The van der Waals surface area contributed by atoms with Crippen molar-refractivity contribution in [2.75, 3.05) is 52.6 Å². The summed E-state index contributed by atoms with van der Waals surface area (Å²) in [6.07, 6.45) is 0.371. The van der Waals surface area contributed by atoms with Crippen LogP contribution in [-0.4, -0.2) is 79.8 Å². The molecule has 2 aromatic carbocycles. The predicted octanol–water partition coefficient (Wildman–Crippen LogP) is 2.60. The minimum atomic E-state index is -0.996. The van der Waals surface area contributed by atoms with E-state index in [-0.39, 0.29) is 43.6 Å². The van der Waals surface area contributed by atoms with Gasteiger partial charge in [0.1, 0.15) is 23.8 Å². The van der Waals surface area contributed by atoms with Gasteiger partial charge in [-0.05, 0) is 36.8 Å². The summed E-state index contributed by atoms with van der Waals surface area (Å²) in [5.41, 5.74) is 1.06. The SMILES string of the molecule is Cc1cccc(CC(=O)N2CCO[C@@](COc3ccc(F)cc3)(CC(=O)N3CCOCC3)C2)c1. The molecule has 0 radical (unpaired) electrons. The third kappa shape index (κ3) is 6.33. The molecular weight excluding hydrogens is 439 g/mol. The molecule has 2 heterocycles. The molecule has 34 heavy (non-hydrogen) atoms. The molecule has 0 saturated carbocycles. The van der Waals surface area contributed by atoms with Gasteiger partial charge < -0.3 is 24.0 Å². The summed E-state index contributed by atoms with van der Waals surface area (Å²) in [4.78, 5) is 29.8. The van der Waals surface area contributed by atoms with E-state index in [0.717, 1.165) is 11.1 Å². The van der Waals surface area contributed by atoms with Gasteiger partial charge in [-0.1, -0.05) is 29.8 Å². The van der Waals surface area contributed by atoms with Crippen molar-refractivity contribution < 1.29 is 28.2 Å². The van der Waals surface area contributed by atoms with Crippen LogP contribution in [0.5, 0.6) is 5.75 Å².